The summed E-state index contributed by atoms with van der Waals surface area (Å²) in [6.45, 7) is 0. The molecule has 0 spiro atoms. The Morgan fingerprint density at radius 2 is 0.875 bits per heavy atom. The molecule has 6 heteroatoms. The molecule has 0 radical (unpaired) electrons. The molecule has 24 heavy (non-hydrogen) atoms. The molecule has 2 aromatic carbocycles. The van der Waals surface area contributed by atoms with Crippen molar-refractivity contribution in [2.24, 2.45) is 0 Å². The molecule has 4 N–H and O–H groups in total. The van der Waals surface area contributed by atoms with E-state index in [-0.39, 0.29) is 0 Å². The van der Waals surface area contributed by atoms with Crippen molar-refractivity contribution in [3.63, 3.8) is 0 Å². The van der Waals surface area contributed by atoms with E-state index in [2.05, 4.69) is 0 Å². The van der Waals surface area contributed by atoms with E-state index < -0.39 is 23.5 Å². The van der Waals surface area contributed by atoms with Crippen molar-refractivity contribution in [3.8, 4) is 0 Å². The van der Waals surface area contributed by atoms with Gasteiger partial charge < -0.3 is 20.4 Å². The number of aliphatic hydroxyl groups excluding tert-OH is 2. The van der Waals surface area contributed by atoms with Crippen molar-refractivity contribution in [1.82, 2.24) is 0 Å². The van der Waals surface area contributed by atoms with E-state index in [1.165, 1.54) is 12.2 Å². The maximum atomic E-state index is 10.2. The first-order valence-electron chi connectivity index (χ1n) is 6.78. The number of aliphatic carboxylic acids is 2. The molecule has 6 nitrogen and oxygen atoms in total. The highest BCUT2D eigenvalue weighted by Crippen LogP contribution is 2.04. The number of hydrogen-bond donors (Lipinski definition) is 4. The van der Waals surface area contributed by atoms with E-state index >= 15 is 0 Å². The molecule has 0 aromatic heterocycles. The van der Waals surface area contributed by atoms with Crippen molar-refractivity contribution in [2.75, 3.05) is 0 Å². The zero-order chi connectivity index (χ0) is 17.9. The fourth-order valence-electron chi connectivity index (χ4n) is 1.54. The van der Waals surface area contributed by atoms with Crippen molar-refractivity contribution in [3.05, 3.63) is 83.3 Å². The number of rotatable bonds is 4. The first kappa shape index (κ1) is 18.5. The fraction of sp³-hybridized carbons (Fsp3) is 0. The summed E-state index contributed by atoms with van der Waals surface area (Å²) in [5.74, 6) is -3.94. The van der Waals surface area contributed by atoms with Crippen LogP contribution in [0.2, 0.25) is 0 Å². The Morgan fingerprint density at radius 3 is 1.12 bits per heavy atom. The average molecular weight is 328 g/mol. The topological polar surface area (TPSA) is 115 Å². The van der Waals surface area contributed by atoms with Gasteiger partial charge in [-0.05, 0) is 23.3 Å². The van der Waals surface area contributed by atoms with Crippen LogP contribution in [0, 0.1) is 0 Å². The second-order valence-corrected chi connectivity index (χ2v) is 4.49. The predicted molar refractivity (Wildman–Crippen MR) is 89.4 cm³/mol. The van der Waals surface area contributed by atoms with E-state index in [1.54, 1.807) is 48.5 Å². The lowest BCUT2D eigenvalue weighted by Gasteiger charge is -1.92. The minimum absolute atomic E-state index is 0.652. The van der Waals surface area contributed by atoms with Gasteiger partial charge in [0, 0.05) is 0 Å². The molecular formula is C18H16O6. The van der Waals surface area contributed by atoms with E-state index in [0.29, 0.717) is 11.1 Å². The number of carboxylic acid groups (broad SMARTS) is 2. The summed E-state index contributed by atoms with van der Waals surface area (Å²) in [7, 11) is 0. The lowest BCUT2D eigenvalue weighted by Crippen LogP contribution is -1.98. The van der Waals surface area contributed by atoms with Gasteiger partial charge in [-0.2, -0.15) is 0 Å². The summed E-state index contributed by atoms with van der Waals surface area (Å²) in [4.78, 5) is 20.4. The number of carboxylic acids is 2. The Balaban J connectivity index is 0.000000240. The molecule has 0 bridgehead atoms. The van der Waals surface area contributed by atoms with Crippen LogP contribution in [0.1, 0.15) is 11.1 Å². The van der Waals surface area contributed by atoms with Crippen LogP contribution in [0.4, 0.5) is 0 Å². The van der Waals surface area contributed by atoms with Gasteiger partial charge in [0.25, 0.3) is 0 Å². The van der Waals surface area contributed by atoms with Crippen LogP contribution in [0.15, 0.2) is 72.2 Å². The average Bonchev–Trinajstić information content (AvgIpc) is 2.57. The van der Waals surface area contributed by atoms with Crippen LogP contribution in [0.3, 0.4) is 0 Å². The largest absolute Gasteiger partial charge is 0.502 e. The van der Waals surface area contributed by atoms with Gasteiger partial charge in [-0.15, -0.1) is 0 Å². The number of benzene rings is 2. The third-order valence-electron chi connectivity index (χ3n) is 2.64. The molecule has 0 aliphatic carbocycles. The zero-order valence-corrected chi connectivity index (χ0v) is 12.5. The monoisotopic (exact) mass is 328 g/mol. The van der Waals surface area contributed by atoms with Gasteiger partial charge in [0.2, 0.25) is 11.5 Å². The lowest BCUT2D eigenvalue weighted by atomic mass is 10.2. The van der Waals surface area contributed by atoms with Crippen LogP contribution in [-0.2, 0) is 9.59 Å². The second kappa shape index (κ2) is 9.47. The van der Waals surface area contributed by atoms with Crippen molar-refractivity contribution < 1.29 is 30.0 Å². The van der Waals surface area contributed by atoms with Gasteiger partial charge in [0.15, 0.2) is 0 Å². The molecule has 2 aromatic rings. The Morgan fingerprint density at radius 1 is 0.583 bits per heavy atom. The minimum atomic E-state index is -1.32. The molecule has 0 heterocycles. The van der Waals surface area contributed by atoms with Gasteiger partial charge in [-0.25, -0.2) is 9.59 Å². The molecule has 0 unspecified atom stereocenters. The van der Waals surface area contributed by atoms with Crippen LogP contribution < -0.4 is 0 Å². The smallest absolute Gasteiger partial charge is 0.370 e. The highest BCUT2D eigenvalue weighted by atomic mass is 16.4. The summed E-state index contributed by atoms with van der Waals surface area (Å²) < 4.78 is 0. The number of carbonyl (C=O) groups is 2. The Bertz CT molecular complexity index is 667. The van der Waals surface area contributed by atoms with Gasteiger partial charge in [-0.3, -0.25) is 0 Å². The molecule has 0 saturated heterocycles. The highest BCUT2D eigenvalue weighted by molar-refractivity contribution is 5.89. The molecule has 0 atom stereocenters. The first-order chi connectivity index (χ1) is 11.4. The van der Waals surface area contributed by atoms with E-state index in [4.69, 9.17) is 20.4 Å². The molecule has 0 amide bonds. The summed E-state index contributed by atoms with van der Waals surface area (Å²) >= 11 is 0. The van der Waals surface area contributed by atoms with Gasteiger partial charge >= 0.3 is 11.9 Å². The molecule has 2 rings (SSSR count). The van der Waals surface area contributed by atoms with E-state index in [9.17, 15) is 9.59 Å². The van der Waals surface area contributed by atoms with Gasteiger partial charge in [0.05, 0.1) is 0 Å². The van der Waals surface area contributed by atoms with E-state index in [0.717, 1.165) is 0 Å². The molecule has 0 fully saturated rings. The lowest BCUT2D eigenvalue weighted by molar-refractivity contribution is -0.136. The summed E-state index contributed by atoms with van der Waals surface area (Å²) in [5, 5.41) is 34.3. The van der Waals surface area contributed by atoms with Crippen LogP contribution >= 0.6 is 0 Å². The standard InChI is InChI=1S/2C9H8O3/c2*10-8(9(11)12)6-7-4-2-1-3-5-7/h2*1-6,10H,(H,11,12). The SMILES string of the molecule is O=C(O)C(O)=Cc1ccccc1.O=C(O)C(O)=Cc1ccccc1. The first-order valence-corrected chi connectivity index (χ1v) is 6.78. The zero-order valence-electron chi connectivity index (χ0n) is 12.5. The van der Waals surface area contributed by atoms with Crippen LogP contribution in [0.25, 0.3) is 12.2 Å². The fourth-order valence-corrected chi connectivity index (χ4v) is 1.54. The Labute approximate surface area is 138 Å². The second-order valence-electron chi connectivity index (χ2n) is 4.49. The molecule has 0 aliphatic heterocycles. The number of aliphatic hydroxyl groups is 2. The maximum Gasteiger partial charge on any atom is 0.370 e. The predicted octanol–water partition coefficient (Wildman–Crippen LogP) is 3.34. The number of hydrogen-bond acceptors (Lipinski definition) is 4. The van der Waals surface area contributed by atoms with Gasteiger partial charge in [-0.1, -0.05) is 60.7 Å². The van der Waals surface area contributed by atoms with Crippen molar-refractivity contribution >= 4 is 24.1 Å². The van der Waals surface area contributed by atoms with Crippen molar-refractivity contribution in [2.45, 2.75) is 0 Å². The minimum Gasteiger partial charge on any atom is -0.502 e. The van der Waals surface area contributed by atoms with E-state index in [1.807, 2.05) is 12.1 Å². The molecule has 0 saturated carbocycles. The summed E-state index contributed by atoms with van der Waals surface area (Å²) in [5.41, 5.74) is 1.33. The third kappa shape index (κ3) is 6.95. The summed E-state index contributed by atoms with van der Waals surface area (Å²) in [6, 6.07) is 17.5. The normalized spacial score (nSPS) is 11.2. The maximum absolute atomic E-state index is 10.2. The quantitative estimate of drug-likeness (QED) is 0.505. The third-order valence-corrected chi connectivity index (χ3v) is 2.64. The molecule has 0 aliphatic rings. The summed E-state index contributed by atoms with van der Waals surface area (Å²) in [6.07, 6.45) is 2.39. The Kier molecular flexibility index (Phi) is 7.30. The van der Waals surface area contributed by atoms with Crippen LogP contribution in [0.5, 0.6) is 0 Å². The Hall–Kier alpha value is -3.54. The van der Waals surface area contributed by atoms with Gasteiger partial charge in [0.1, 0.15) is 0 Å². The van der Waals surface area contributed by atoms with Crippen LogP contribution in [-0.4, -0.2) is 32.4 Å². The van der Waals surface area contributed by atoms with Crippen molar-refractivity contribution in [1.29, 1.82) is 0 Å². The molecule has 124 valence electrons. The highest BCUT2D eigenvalue weighted by Gasteiger charge is 2.02. The molecular weight excluding hydrogens is 312 g/mol.